The van der Waals surface area contributed by atoms with E-state index in [1.165, 1.54) is 0 Å². The largest absolute Gasteiger partial charge is 0.444 e. The SMILES string of the molecule is CCn1c(=O)c(C)nc2cc(C(=O)O[C@@H](C(=O)NC3CC3)c3ccccc3)ccc21. The minimum Gasteiger partial charge on any atom is -0.444 e. The van der Waals surface area contributed by atoms with Crippen LogP contribution in [0.5, 0.6) is 0 Å². The molecule has 7 nitrogen and oxygen atoms in total. The Balaban J connectivity index is 1.65. The van der Waals surface area contributed by atoms with Crippen LogP contribution in [0.1, 0.15) is 47.5 Å². The summed E-state index contributed by atoms with van der Waals surface area (Å²) in [6.07, 6.45) is 0.848. The van der Waals surface area contributed by atoms with E-state index in [0.717, 1.165) is 12.8 Å². The molecule has 0 bridgehead atoms. The van der Waals surface area contributed by atoms with Gasteiger partial charge in [0, 0.05) is 18.2 Å². The Kier molecular flexibility index (Phi) is 5.35. The fraction of sp³-hybridized carbons (Fsp3) is 0.304. The maximum absolute atomic E-state index is 12.9. The second-order valence-corrected chi connectivity index (χ2v) is 7.43. The minimum atomic E-state index is -1.03. The fourth-order valence-corrected chi connectivity index (χ4v) is 3.40. The summed E-state index contributed by atoms with van der Waals surface area (Å²) in [5.41, 5.74) is 2.27. The number of hydrogen-bond donors (Lipinski definition) is 1. The van der Waals surface area contributed by atoms with Crippen molar-refractivity contribution in [3.8, 4) is 0 Å². The van der Waals surface area contributed by atoms with Gasteiger partial charge >= 0.3 is 5.97 Å². The number of benzene rings is 2. The van der Waals surface area contributed by atoms with Crippen molar-refractivity contribution >= 4 is 22.9 Å². The smallest absolute Gasteiger partial charge is 0.339 e. The highest BCUT2D eigenvalue weighted by Crippen LogP contribution is 2.24. The van der Waals surface area contributed by atoms with E-state index in [1.807, 2.05) is 13.0 Å². The van der Waals surface area contributed by atoms with Gasteiger partial charge in [-0.3, -0.25) is 9.59 Å². The number of carbonyl (C=O) groups is 2. The first-order valence-corrected chi connectivity index (χ1v) is 10.1. The Hall–Kier alpha value is -3.48. The summed E-state index contributed by atoms with van der Waals surface area (Å²) < 4.78 is 7.24. The lowest BCUT2D eigenvalue weighted by atomic mass is 10.1. The van der Waals surface area contributed by atoms with E-state index in [-0.39, 0.29) is 23.1 Å². The van der Waals surface area contributed by atoms with E-state index in [1.54, 1.807) is 54.0 Å². The normalized spacial score (nSPS) is 14.3. The fourth-order valence-electron chi connectivity index (χ4n) is 3.40. The van der Waals surface area contributed by atoms with Crippen LogP contribution in [0.15, 0.2) is 53.3 Å². The molecule has 2 aromatic carbocycles. The van der Waals surface area contributed by atoms with Crippen molar-refractivity contribution in [3.63, 3.8) is 0 Å². The maximum Gasteiger partial charge on any atom is 0.339 e. The number of rotatable bonds is 6. The number of aromatic nitrogens is 2. The highest BCUT2D eigenvalue weighted by molar-refractivity contribution is 5.95. The second-order valence-electron chi connectivity index (χ2n) is 7.43. The highest BCUT2D eigenvalue weighted by Gasteiger charge is 2.31. The number of amides is 1. The van der Waals surface area contributed by atoms with Gasteiger partial charge in [-0.2, -0.15) is 0 Å². The van der Waals surface area contributed by atoms with Gasteiger partial charge in [0.1, 0.15) is 5.69 Å². The predicted octanol–water partition coefficient (Wildman–Crippen LogP) is 2.90. The number of fused-ring (bicyclic) bond motifs is 1. The molecule has 1 aliphatic rings. The number of nitrogens with zero attached hydrogens (tertiary/aromatic N) is 2. The Labute approximate surface area is 173 Å². The standard InChI is InChI=1S/C23H23N3O4/c1-3-26-19-12-9-16(13-18(19)24-14(2)22(26)28)23(29)30-20(15-7-5-4-6-8-15)21(27)25-17-10-11-17/h4-9,12-13,17,20H,3,10-11H2,1-2H3,(H,25,27)/t20-/m1/s1. The Bertz CT molecular complexity index is 1170. The molecule has 0 unspecified atom stereocenters. The number of hydrogen-bond acceptors (Lipinski definition) is 5. The Morgan fingerprint density at radius 3 is 2.60 bits per heavy atom. The summed E-state index contributed by atoms with van der Waals surface area (Å²) in [4.78, 5) is 42.2. The molecule has 1 aliphatic carbocycles. The number of ether oxygens (including phenoxy) is 1. The molecule has 3 aromatic rings. The molecular formula is C23H23N3O4. The summed E-state index contributed by atoms with van der Waals surface area (Å²) in [6, 6.07) is 14.0. The molecule has 1 N–H and O–H groups in total. The third kappa shape index (κ3) is 3.96. The van der Waals surface area contributed by atoms with Gasteiger partial charge in [0.2, 0.25) is 6.10 Å². The van der Waals surface area contributed by atoms with Crippen molar-refractivity contribution < 1.29 is 14.3 Å². The van der Waals surface area contributed by atoms with Crippen LogP contribution in [-0.4, -0.2) is 27.5 Å². The molecule has 0 spiro atoms. The molecule has 7 heteroatoms. The third-order valence-corrected chi connectivity index (χ3v) is 5.15. The van der Waals surface area contributed by atoms with Crippen LogP contribution < -0.4 is 10.9 Å². The summed E-state index contributed by atoms with van der Waals surface area (Å²) in [5.74, 6) is -0.947. The first-order chi connectivity index (χ1) is 14.5. The highest BCUT2D eigenvalue weighted by atomic mass is 16.5. The van der Waals surface area contributed by atoms with Crippen molar-refractivity contribution in [1.29, 1.82) is 0 Å². The minimum absolute atomic E-state index is 0.152. The summed E-state index contributed by atoms with van der Waals surface area (Å²) in [5, 5.41) is 2.90. The van der Waals surface area contributed by atoms with Crippen molar-refractivity contribution in [2.75, 3.05) is 0 Å². The predicted molar refractivity (Wildman–Crippen MR) is 112 cm³/mol. The molecule has 0 aliphatic heterocycles. The number of aryl methyl sites for hydroxylation is 2. The molecule has 0 saturated heterocycles. The van der Waals surface area contributed by atoms with E-state index in [0.29, 0.717) is 28.8 Å². The van der Waals surface area contributed by atoms with E-state index in [2.05, 4.69) is 10.3 Å². The van der Waals surface area contributed by atoms with Gasteiger partial charge in [0.15, 0.2) is 0 Å². The number of carbonyl (C=O) groups excluding carboxylic acids is 2. The summed E-state index contributed by atoms with van der Waals surface area (Å²) in [7, 11) is 0. The summed E-state index contributed by atoms with van der Waals surface area (Å²) in [6.45, 7) is 4.03. The van der Waals surface area contributed by atoms with Crippen LogP contribution >= 0.6 is 0 Å². The first kappa shape index (κ1) is 19.8. The number of nitrogens with one attached hydrogen (secondary N) is 1. The van der Waals surface area contributed by atoms with E-state index in [9.17, 15) is 14.4 Å². The lowest BCUT2D eigenvalue weighted by molar-refractivity contribution is -0.130. The quantitative estimate of drug-likeness (QED) is 0.637. The summed E-state index contributed by atoms with van der Waals surface area (Å²) >= 11 is 0. The second kappa shape index (κ2) is 8.10. The molecule has 154 valence electrons. The van der Waals surface area contributed by atoms with E-state index in [4.69, 9.17) is 4.74 Å². The zero-order chi connectivity index (χ0) is 21.3. The molecule has 1 fully saturated rings. The van der Waals surface area contributed by atoms with Crippen LogP contribution in [-0.2, 0) is 16.1 Å². The van der Waals surface area contributed by atoms with Gasteiger partial charge in [-0.1, -0.05) is 30.3 Å². The molecule has 1 saturated carbocycles. The first-order valence-electron chi connectivity index (χ1n) is 10.1. The molecular weight excluding hydrogens is 382 g/mol. The molecule has 1 atom stereocenters. The zero-order valence-corrected chi connectivity index (χ0v) is 16.9. The lowest BCUT2D eigenvalue weighted by Crippen LogP contribution is -2.33. The van der Waals surface area contributed by atoms with Gasteiger partial charge in [0.25, 0.3) is 11.5 Å². The van der Waals surface area contributed by atoms with Crippen molar-refractivity contribution in [3.05, 3.63) is 75.7 Å². The van der Waals surface area contributed by atoms with Crippen molar-refractivity contribution in [2.24, 2.45) is 0 Å². The molecule has 1 amide bonds. The molecule has 4 rings (SSSR count). The van der Waals surface area contributed by atoms with Crippen LogP contribution in [0.4, 0.5) is 0 Å². The van der Waals surface area contributed by atoms with Gasteiger partial charge in [-0.05, 0) is 44.9 Å². The van der Waals surface area contributed by atoms with Gasteiger partial charge < -0.3 is 14.6 Å². The van der Waals surface area contributed by atoms with Crippen LogP contribution in [0.3, 0.4) is 0 Å². The van der Waals surface area contributed by atoms with Gasteiger partial charge in [-0.15, -0.1) is 0 Å². The van der Waals surface area contributed by atoms with Gasteiger partial charge in [-0.25, -0.2) is 9.78 Å². The third-order valence-electron chi connectivity index (χ3n) is 5.15. The van der Waals surface area contributed by atoms with Crippen LogP contribution in [0, 0.1) is 6.92 Å². The monoisotopic (exact) mass is 405 g/mol. The zero-order valence-electron chi connectivity index (χ0n) is 16.9. The Morgan fingerprint density at radius 1 is 1.20 bits per heavy atom. The number of esters is 1. The Morgan fingerprint density at radius 2 is 1.93 bits per heavy atom. The maximum atomic E-state index is 12.9. The average Bonchev–Trinajstić information content (AvgIpc) is 3.57. The van der Waals surface area contributed by atoms with Crippen LogP contribution in [0.2, 0.25) is 0 Å². The molecule has 0 radical (unpaired) electrons. The lowest BCUT2D eigenvalue weighted by Gasteiger charge is -2.18. The van der Waals surface area contributed by atoms with E-state index < -0.39 is 12.1 Å². The average molecular weight is 405 g/mol. The molecule has 30 heavy (non-hydrogen) atoms. The molecule has 1 heterocycles. The van der Waals surface area contributed by atoms with Crippen molar-refractivity contribution in [1.82, 2.24) is 14.9 Å². The topological polar surface area (TPSA) is 90.3 Å². The van der Waals surface area contributed by atoms with E-state index >= 15 is 0 Å². The van der Waals surface area contributed by atoms with Crippen LogP contribution in [0.25, 0.3) is 11.0 Å². The molecule has 1 aromatic heterocycles. The van der Waals surface area contributed by atoms with Crippen molar-refractivity contribution in [2.45, 2.75) is 45.4 Å². The van der Waals surface area contributed by atoms with Gasteiger partial charge in [0.05, 0.1) is 16.6 Å².